The third-order valence-electron chi connectivity index (χ3n) is 1.52. The van der Waals surface area contributed by atoms with Gasteiger partial charge in [0.25, 0.3) is 0 Å². The molecule has 13 heavy (non-hydrogen) atoms. The van der Waals surface area contributed by atoms with Crippen LogP contribution in [0.5, 0.6) is 0 Å². The molecule has 0 aromatic rings. The van der Waals surface area contributed by atoms with Crippen LogP contribution in [0, 0.1) is 22.7 Å². The highest BCUT2D eigenvalue weighted by Crippen LogP contribution is 2.19. The second kappa shape index (κ2) is 5.99. The summed E-state index contributed by atoms with van der Waals surface area (Å²) in [6.45, 7) is 7.26. The highest BCUT2D eigenvalue weighted by molar-refractivity contribution is 5.09. The van der Waals surface area contributed by atoms with E-state index in [1.807, 2.05) is 12.1 Å². The maximum Gasteiger partial charge on any atom is 0.170 e. The van der Waals surface area contributed by atoms with Gasteiger partial charge in [0.1, 0.15) is 0 Å². The number of hydrogen-bond acceptors (Lipinski definition) is 3. The Balaban J connectivity index is 4.46. The van der Waals surface area contributed by atoms with E-state index in [9.17, 15) is 0 Å². The fraction of sp³-hybridized carbons (Fsp3) is 0.400. The maximum absolute atomic E-state index is 8.86. The molecule has 0 amide bonds. The zero-order valence-corrected chi connectivity index (χ0v) is 7.49. The number of rotatable bonds is 6. The standard InChI is InChI=1S/C10H12N2O/c1-3-5-10(9-12,6-7-11)13-8-4-2/h3-4H,1-2,5-6,8H2. The quantitative estimate of drug-likeness (QED) is 0.581. The third-order valence-corrected chi connectivity index (χ3v) is 1.52. The smallest absolute Gasteiger partial charge is 0.170 e. The van der Waals surface area contributed by atoms with E-state index in [-0.39, 0.29) is 13.0 Å². The van der Waals surface area contributed by atoms with Crippen molar-refractivity contribution >= 4 is 0 Å². The topological polar surface area (TPSA) is 56.8 Å². The Morgan fingerprint density at radius 1 is 1.31 bits per heavy atom. The van der Waals surface area contributed by atoms with Crippen LogP contribution in [0.25, 0.3) is 0 Å². The molecule has 0 rings (SSSR count). The molecule has 0 saturated heterocycles. The molecule has 0 spiro atoms. The van der Waals surface area contributed by atoms with Gasteiger partial charge in [-0.3, -0.25) is 0 Å². The molecule has 0 N–H and O–H groups in total. The monoisotopic (exact) mass is 176 g/mol. The van der Waals surface area contributed by atoms with E-state index in [1.54, 1.807) is 12.2 Å². The first-order valence-corrected chi connectivity index (χ1v) is 3.88. The molecule has 0 fully saturated rings. The summed E-state index contributed by atoms with van der Waals surface area (Å²) in [6.07, 6.45) is 3.52. The molecular formula is C10H12N2O. The van der Waals surface area contributed by atoms with Crippen molar-refractivity contribution in [1.29, 1.82) is 10.5 Å². The van der Waals surface area contributed by atoms with Gasteiger partial charge >= 0.3 is 0 Å². The van der Waals surface area contributed by atoms with Crippen LogP contribution in [0.4, 0.5) is 0 Å². The van der Waals surface area contributed by atoms with E-state index >= 15 is 0 Å². The van der Waals surface area contributed by atoms with Gasteiger partial charge in [-0.2, -0.15) is 10.5 Å². The lowest BCUT2D eigenvalue weighted by Gasteiger charge is -2.21. The van der Waals surface area contributed by atoms with Crippen LogP contribution in [0.15, 0.2) is 25.3 Å². The van der Waals surface area contributed by atoms with Crippen LogP contribution in [-0.4, -0.2) is 12.2 Å². The highest BCUT2D eigenvalue weighted by Gasteiger charge is 2.28. The molecule has 1 atom stereocenters. The minimum absolute atomic E-state index is 0.0450. The first-order valence-electron chi connectivity index (χ1n) is 3.88. The maximum atomic E-state index is 8.86. The van der Waals surface area contributed by atoms with Crippen LogP contribution in [0.3, 0.4) is 0 Å². The molecule has 3 nitrogen and oxygen atoms in total. The summed E-state index contributed by atoms with van der Waals surface area (Å²) in [7, 11) is 0. The first-order chi connectivity index (χ1) is 6.24. The molecule has 0 heterocycles. The molecule has 68 valence electrons. The number of nitrogens with zero attached hydrogens (tertiary/aromatic N) is 2. The zero-order valence-electron chi connectivity index (χ0n) is 7.49. The lowest BCUT2D eigenvalue weighted by molar-refractivity contribution is 0.0211. The van der Waals surface area contributed by atoms with Crippen molar-refractivity contribution in [2.24, 2.45) is 0 Å². The van der Waals surface area contributed by atoms with Crippen molar-refractivity contribution in [3.05, 3.63) is 25.3 Å². The van der Waals surface area contributed by atoms with Gasteiger partial charge in [-0.05, 0) is 0 Å². The molecular weight excluding hydrogens is 164 g/mol. The van der Waals surface area contributed by atoms with Gasteiger partial charge in [0.15, 0.2) is 5.60 Å². The molecule has 0 radical (unpaired) electrons. The fourth-order valence-electron chi connectivity index (χ4n) is 0.879. The van der Waals surface area contributed by atoms with Crippen LogP contribution in [0.2, 0.25) is 0 Å². The largest absolute Gasteiger partial charge is 0.355 e. The number of ether oxygens (including phenoxy) is 1. The van der Waals surface area contributed by atoms with Crippen molar-refractivity contribution < 1.29 is 4.74 Å². The SMILES string of the molecule is C=CCOC(C#N)(CC#N)CC=C. The third kappa shape index (κ3) is 3.55. The summed E-state index contributed by atoms with van der Waals surface area (Å²) in [6, 6.07) is 3.91. The molecule has 0 aliphatic rings. The lowest BCUT2D eigenvalue weighted by atomic mass is 9.98. The summed E-state index contributed by atoms with van der Waals surface area (Å²) in [5, 5.41) is 17.4. The van der Waals surface area contributed by atoms with E-state index in [0.29, 0.717) is 6.42 Å². The normalized spacial score (nSPS) is 13.4. The van der Waals surface area contributed by atoms with Crippen molar-refractivity contribution in [1.82, 2.24) is 0 Å². The molecule has 0 aromatic carbocycles. The second-order valence-electron chi connectivity index (χ2n) is 2.53. The van der Waals surface area contributed by atoms with Gasteiger partial charge in [-0.1, -0.05) is 12.2 Å². The average Bonchev–Trinajstić information content (AvgIpc) is 2.15. The average molecular weight is 176 g/mol. The summed E-state index contributed by atoms with van der Waals surface area (Å²) in [4.78, 5) is 0. The van der Waals surface area contributed by atoms with Crippen LogP contribution >= 0.6 is 0 Å². The zero-order chi connectivity index (χ0) is 10.2. The van der Waals surface area contributed by atoms with E-state index < -0.39 is 5.60 Å². The van der Waals surface area contributed by atoms with E-state index in [2.05, 4.69) is 13.2 Å². The minimum atomic E-state index is -1.05. The summed E-state index contributed by atoms with van der Waals surface area (Å²) >= 11 is 0. The van der Waals surface area contributed by atoms with Gasteiger partial charge in [0, 0.05) is 6.42 Å². The predicted octanol–water partition coefficient (Wildman–Crippen LogP) is 1.94. The molecule has 3 heteroatoms. The number of hydrogen-bond donors (Lipinski definition) is 0. The number of nitriles is 2. The molecule has 0 bridgehead atoms. The summed E-state index contributed by atoms with van der Waals surface area (Å²) in [5.74, 6) is 0. The Kier molecular flexibility index (Phi) is 5.27. The molecule has 0 aromatic heterocycles. The first kappa shape index (κ1) is 11.4. The van der Waals surface area contributed by atoms with Gasteiger partial charge < -0.3 is 4.74 Å². The minimum Gasteiger partial charge on any atom is -0.355 e. The Hall–Kier alpha value is -1.58. The van der Waals surface area contributed by atoms with Crippen LogP contribution in [0.1, 0.15) is 12.8 Å². The van der Waals surface area contributed by atoms with Gasteiger partial charge in [0.2, 0.25) is 0 Å². The van der Waals surface area contributed by atoms with Crippen molar-refractivity contribution in [2.45, 2.75) is 18.4 Å². The Labute approximate surface area is 78.5 Å². The van der Waals surface area contributed by atoms with Gasteiger partial charge in [0.05, 0.1) is 25.2 Å². The lowest BCUT2D eigenvalue weighted by Crippen LogP contribution is -2.29. The Morgan fingerprint density at radius 3 is 2.38 bits per heavy atom. The van der Waals surface area contributed by atoms with Crippen LogP contribution < -0.4 is 0 Å². The molecule has 0 saturated carbocycles. The van der Waals surface area contributed by atoms with Crippen molar-refractivity contribution in [3.63, 3.8) is 0 Å². The molecule has 0 aliphatic heterocycles. The Bertz CT molecular complexity index is 259. The molecule has 0 aliphatic carbocycles. The van der Waals surface area contributed by atoms with Gasteiger partial charge in [-0.15, -0.1) is 13.2 Å². The summed E-state index contributed by atoms with van der Waals surface area (Å²) < 4.78 is 5.24. The van der Waals surface area contributed by atoms with Crippen LogP contribution in [-0.2, 0) is 4.74 Å². The van der Waals surface area contributed by atoms with E-state index in [1.165, 1.54) is 0 Å². The van der Waals surface area contributed by atoms with E-state index in [4.69, 9.17) is 15.3 Å². The van der Waals surface area contributed by atoms with Crippen molar-refractivity contribution in [2.75, 3.05) is 6.61 Å². The fourth-order valence-corrected chi connectivity index (χ4v) is 0.879. The second-order valence-corrected chi connectivity index (χ2v) is 2.53. The molecule has 1 unspecified atom stereocenters. The van der Waals surface area contributed by atoms with Crippen molar-refractivity contribution in [3.8, 4) is 12.1 Å². The summed E-state index contributed by atoms with van der Waals surface area (Å²) in [5.41, 5.74) is -1.05. The predicted molar refractivity (Wildman–Crippen MR) is 49.5 cm³/mol. The Morgan fingerprint density at radius 2 is 2.00 bits per heavy atom. The highest BCUT2D eigenvalue weighted by atomic mass is 16.5. The van der Waals surface area contributed by atoms with E-state index in [0.717, 1.165) is 0 Å². The van der Waals surface area contributed by atoms with Gasteiger partial charge in [-0.25, -0.2) is 0 Å².